The van der Waals surface area contributed by atoms with Gasteiger partial charge in [-0.15, -0.1) is 0 Å². The third-order valence-corrected chi connectivity index (χ3v) is 3.76. The van der Waals surface area contributed by atoms with Gasteiger partial charge in [-0.2, -0.15) is 0 Å². The van der Waals surface area contributed by atoms with E-state index in [4.69, 9.17) is 33.2 Å². The molecule has 0 saturated carbocycles. The van der Waals surface area contributed by atoms with Crippen LogP contribution >= 0.6 is 0 Å². The number of unbranched alkanes of at least 4 members (excludes halogenated alkanes) is 2. The fourth-order valence-electron chi connectivity index (χ4n) is 2.08. The number of aliphatic hydroxyl groups excluding tert-OH is 1. The Morgan fingerprint density at radius 3 is 1.03 bits per heavy atom. The van der Waals surface area contributed by atoms with E-state index in [-0.39, 0.29) is 13.2 Å². The molecule has 0 aliphatic heterocycles. The predicted octanol–water partition coefficient (Wildman–Crippen LogP) is 2.06. The smallest absolute Gasteiger partial charge is 0.101 e. The maximum absolute atomic E-state index is 9.77. The van der Waals surface area contributed by atoms with Crippen molar-refractivity contribution in [1.29, 1.82) is 0 Å². The summed E-state index contributed by atoms with van der Waals surface area (Å²) < 4.78 is 37.7. The Balaban J connectivity index is 3.12. The van der Waals surface area contributed by atoms with Crippen LogP contribution in [0.4, 0.5) is 0 Å². The van der Waals surface area contributed by atoms with Gasteiger partial charge < -0.3 is 38.3 Å². The van der Waals surface area contributed by atoms with E-state index in [1.165, 1.54) is 0 Å². The van der Waals surface area contributed by atoms with Crippen LogP contribution in [0.1, 0.15) is 39.5 Å². The minimum atomic E-state index is -0.650. The molecule has 0 rings (SSSR count). The van der Waals surface area contributed by atoms with E-state index in [9.17, 15) is 5.11 Å². The van der Waals surface area contributed by atoms with Crippen molar-refractivity contribution in [3.8, 4) is 0 Å². The molecular weight excluding hydrogens is 380 g/mol. The average Bonchev–Trinajstić information content (AvgIpc) is 2.72. The third-order valence-electron chi connectivity index (χ3n) is 3.76. The van der Waals surface area contributed by atoms with Gasteiger partial charge in [0.15, 0.2) is 0 Å². The minimum Gasteiger partial charge on any atom is -0.388 e. The predicted molar refractivity (Wildman–Crippen MR) is 112 cm³/mol. The normalized spacial score (nSPS) is 12.5. The van der Waals surface area contributed by atoms with Crippen molar-refractivity contribution in [3.63, 3.8) is 0 Å². The van der Waals surface area contributed by atoms with Gasteiger partial charge in [0.25, 0.3) is 0 Å². The molecule has 8 nitrogen and oxygen atoms in total. The van der Waals surface area contributed by atoms with Crippen molar-refractivity contribution < 1.29 is 38.3 Å². The molecule has 8 heteroatoms. The first-order chi connectivity index (χ1) is 14.3. The summed E-state index contributed by atoms with van der Waals surface area (Å²) in [4.78, 5) is 0. The van der Waals surface area contributed by atoms with Crippen molar-refractivity contribution in [2.75, 3.05) is 92.5 Å². The zero-order valence-corrected chi connectivity index (χ0v) is 18.6. The SMILES string of the molecule is CCCCOCCOCCOCCOCC(O)COCCOCCOCCCC. The molecule has 0 aliphatic rings. The molecule has 0 spiro atoms. The van der Waals surface area contributed by atoms with E-state index in [0.29, 0.717) is 66.1 Å². The number of rotatable bonds is 25. The Kier molecular flexibility index (Phi) is 25.4. The van der Waals surface area contributed by atoms with Gasteiger partial charge >= 0.3 is 0 Å². The van der Waals surface area contributed by atoms with Gasteiger partial charge in [0.1, 0.15) is 6.10 Å². The topological polar surface area (TPSA) is 84.8 Å². The van der Waals surface area contributed by atoms with Crippen LogP contribution in [0.15, 0.2) is 0 Å². The maximum Gasteiger partial charge on any atom is 0.101 e. The molecule has 1 atom stereocenters. The van der Waals surface area contributed by atoms with Crippen LogP contribution < -0.4 is 0 Å². The van der Waals surface area contributed by atoms with Crippen LogP contribution in [0.2, 0.25) is 0 Å². The molecular formula is C21H44O8. The quantitative estimate of drug-likeness (QED) is 0.223. The fraction of sp³-hybridized carbons (Fsp3) is 1.00. The number of aliphatic hydroxyl groups is 1. The second-order valence-electron chi connectivity index (χ2n) is 6.57. The van der Waals surface area contributed by atoms with Crippen molar-refractivity contribution in [2.24, 2.45) is 0 Å². The summed E-state index contributed by atoms with van der Waals surface area (Å²) in [5.41, 5.74) is 0. The third kappa shape index (κ3) is 25.6. The lowest BCUT2D eigenvalue weighted by molar-refractivity contribution is -0.0479. The van der Waals surface area contributed by atoms with Crippen LogP contribution in [0.25, 0.3) is 0 Å². The molecule has 0 aromatic carbocycles. The maximum atomic E-state index is 9.77. The highest BCUT2D eigenvalue weighted by atomic mass is 16.6. The second-order valence-corrected chi connectivity index (χ2v) is 6.57. The van der Waals surface area contributed by atoms with E-state index in [1.54, 1.807) is 0 Å². The molecule has 0 aromatic rings. The van der Waals surface area contributed by atoms with E-state index in [2.05, 4.69) is 13.8 Å². The Morgan fingerprint density at radius 1 is 0.448 bits per heavy atom. The molecule has 0 aliphatic carbocycles. The molecule has 176 valence electrons. The van der Waals surface area contributed by atoms with Crippen molar-refractivity contribution in [3.05, 3.63) is 0 Å². The molecule has 0 fully saturated rings. The molecule has 0 radical (unpaired) electrons. The molecule has 1 N–H and O–H groups in total. The molecule has 0 bridgehead atoms. The first-order valence-electron chi connectivity index (χ1n) is 11.0. The molecule has 0 aromatic heterocycles. The monoisotopic (exact) mass is 424 g/mol. The largest absolute Gasteiger partial charge is 0.388 e. The van der Waals surface area contributed by atoms with Gasteiger partial charge in [-0.3, -0.25) is 0 Å². The highest BCUT2D eigenvalue weighted by molar-refractivity contribution is 4.51. The summed E-state index contributed by atoms with van der Waals surface area (Å²) in [7, 11) is 0. The van der Waals surface area contributed by atoms with Gasteiger partial charge in [-0.25, -0.2) is 0 Å². The van der Waals surface area contributed by atoms with Gasteiger partial charge in [0.05, 0.1) is 79.3 Å². The van der Waals surface area contributed by atoms with Crippen LogP contribution in [0.5, 0.6) is 0 Å². The van der Waals surface area contributed by atoms with Crippen LogP contribution in [0, 0.1) is 0 Å². The highest BCUT2D eigenvalue weighted by Crippen LogP contribution is 1.91. The number of hydrogen-bond donors (Lipinski definition) is 1. The summed E-state index contributed by atoms with van der Waals surface area (Å²) in [6.45, 7) is 11.6. The molecule has 0 saturated heterocycles. The standard InChI is InChI=1S/C21H44O8/c1-3-5-7-23-9-11-25-13-14-27-16-18-29-20-21(22)19-28-17-15-26-12-10-24-8-6-4-2/h21-22H,3-20H2,1-2H3. The zero-order valence-electron chi connectivity index (χ0n) is 18.6. The van der Waals surface area contributed by atoms with Gasteiger partial charge in [-0.05, 0) is 12.8 Å². The van der Waals surface area contributed by atoms with Gasteiger partial charge in [0, 0.05) is 13.2 Å². The molecule has 0 heterocycles. The highest BCUT2D eigenvalue weighted by Gasteiger charge is 2.04. The van der Waals surface area contributed by atoms with Crippen LogP contribution in [0.3, 0.4) is 0 Å². The lowest BCUT2D eigenvalue weighted by atomic mass is 10.4. The van der Waals surface area contributed by atoms with Crippen LogP contribution in [-0.4, -0.2) is 104 Å². The lowest BCUT2D eigenvalue weighted by Crippen LogP contribution is -2.24. The van der Waals surface area contributed by atoms with Crippen molar-refractivity contribution >= 4 is 0 Å². The lowest BCUT2D eigenvalue weighted by Gasteiger charge is -2.12. The average molecular weight is 425 g/mol. The van der Waals surface area contributed by atoms with E-state index in [0.717, 1.165) is 38.9 Å². The Hall–Kier alpha value is -0.320. The second kappa shape index (κ2) is 25.7. The molecule has 29 heavy (non-hydrogen) atoms. The molecule has 0 amide bonds. The summed E-state index contributed by atoms with van der Waals surface area (Å²) in [5, 5.41) is 9.77. The van der Waals surface area contributed by atoms with Crippen LogP contribution in [-0.2, 0) is 33.2 Å². The van der Waals surface area contributed by atoms with Crippen molar-refractivity contribution in [2.45, 2.75) is 45.6 Å². The Bertz CT molecular complexity index is 294. The number of ether oxygens (including phenoxy) is 7. The van der Waals surface area contributed by atoms with E-state index < -0.39 is 6.10 Å². The summed E-state index contributed by atoms with van der Waals surface area (Å²) >= 11 is 0. The first-order valence-corrected chi connectivity index (χ1v) is 11.0. The minimum absolute atomic E-state index is 0.223. The summed E-state index contributed by atoms with van der Waals surface area (Å²) in [6.07, 6.45) is 3.80. The van der Waals surface area contributed by atoms with Gasteiger partial charge in [0.2, 0.25) is 0 Å². The van der Waals surface area contributed by atoms with E-state index >= 15 is 0 Å². The molecule has 1 unspecified atom stereocenters. The zero-order chi connectivity index (χ0) is 21.3. The fourth-order valence-corrected chi connectivity index (χ4v) is 2.08. The van der Waals surface area contributed by atoms with Crippen molar-refractivity contribution in [1.82, 2.24) is 0 Å². The Labute approximate surface area is 177 Å². The van der Waals surface area contributed by atoms with E-state index in [1.807, 2.05) is 0 Å². The number of hydrogen-bond acceptors (Lipinski definition) is 8. The first kappa shape index (κ1) is 28.7. The van der Waals surface area contributed by atoms with Gasteiger partial charge in [-0.1, -0.05) is 26.7 Å². The Morgan fingerprint density at radius 2 is 0.724 bits per heavy atom. The summed E-state index contributed by atoms with van der Waals surface area (Å²) in [6, 6.07) is 0. The summed E-state index contributed by atoms with van der Waals surface area (Å²) in [5.74, 6) is 0.